The summed E-state index contributed by atoms with van der Waals surface area (Å²) in [5.41, 5.74) is 0.480. The van der Waals surface area contributed by atoms with E-state index in [0.717, 1.165) is 49.8 Å². The predicted octanol–water partition coefficient (Wildman–Crippen LogP) is 2.31. The molecule has 2 fully saturated rings. The average Bonchev–Trinajstić information content (AvgIpc) is 2.79. The minimum absolute atomic E-state index is 0.359. The summed E-state index contributed by atoms with van der Waals surface area (Å²) in [4.78, 5) is 29.8. The van der Waals surface area contributed by atoms with E-state index in [2.05, 4.69) is 27.1 Å². The van der Waals surface area contributed by atoms with Crippen molar-refractivity contribution in [3.05, 3.63) is 41.3 Å². The molecule has 1 N–H and O–H groups in total. The zero-order chi connectivity index (χ0) is 22.8. The van der Waals surface area contributed by atoms with E-state index in [9.17, 15) is 18.0 Å². The predicted molar refractivity (Wildman–Crippen MR) is 116 cm³/mol. The fourth-order valence-electron chi connectivity index (χ4n) is 3.80. The summed E-state index contributed by atoms with van der Waals surface area (Å²) in [5, 5.41) is 2.31. The lowest BCUT2D eigenvalue weighted by Gasteiger charge is -2.36. The molecular weight excluding hydrogens is 423 g/mol. The van der Waals surface area contributed by atoms with E-state index in [1.165, 1.54) is 4.90 Å². The smallest absolute Gasteiger partial charge is 0.322 e. The number of likely N-dealkylation sites (N-methyl/N-ethyl adjacent to an activating group) is 1. The molecule has 2 aliphatic heterocycles. The largest absolute Gasteiger partial charge is 0.354 e. The topological polar surface area (TPSA) is 67.8 Å². The molecule has 3 heterocycles. The van der Waals surface area contributed by atoms with E-state index >= 15 is 0 Å². The molecule has 0 unspecified atom stereocenters. The summed E-state index contributed by atoms with van der Waals surface area (Å²) in [5.74, 6) is -2.81. The number of halogens is 3. The van der Waals surface area contributed by atoms with Crippen LogP contribution in [0.5, 0.6) is 0 Å². The van der Waals surface area contributed by atoms with Gasteiger partial charge in [0, 0.05) is 64.1 Å². The van der Waals surface area contributed by atoms with Crippen LogP contribution < -0.4 is 15.1 Å². The van der Waals surface area contributed by atoms with Gasteiger partial charge in [-0.2, -0.15) is 4.98 Å². The van der Waals surface area contributed by atoms with Gasteiger partial charge in [-0.25, -0.2) is 22.9 Å². The van der Waals surface area contributed by atoms with Gasteiger partial charge in [0.1, 0.15) is 5.82 Å². The molecule has 0 atom stereocenters. The second kappa shape index (κ2) is 9.19. The van der Waals surface area contributed by atoms with Gasteiger partial charge >= 0.3 is 6.03 Å². The van der Waals surface area contributed by atoms with E-state index in [1.807, 2.05) is 17.9 Å². The van der Waals surface area contributed by atoms with Crippen LogP contribution in [0.1, 0.15) is 5.69 Å². The lowest BCUT2D eigenvalue weighted by atomic mass is 10.2. The summed E-state index contributed by atoms with van der Waals surface area (Å²) >= 11 is 0. The number of nitrogens with zero attached hydrogens (tertiary/aromatic N) is 6. The molecule has 172 valence electrons. The number of nitrogens with one attached hydrogen (secondary N) is 1. The van der Waals surface area contributed by atoms with Gasteiger partial charge in [0.2, 0.25) is 5.95 Å². The van der Waals surface area contributed by atoms with Gasteiger partial charge < -0.3 is 24.9 Å². The molecule has 0 bridgehead atoms. The Balaban J connectivity index is 1.38. The Hall–Kier alpha value is -3.08. The molecule has 0 radical (unpaired) electrons. The van der Waals surface area contributed by atoms with Crippen molar-refractivity contribution in [2.75, 3.05) is 74.5 Å². The van der Waals surface area contributed by atoms with Gasteiger partial charge in [0.05, 0.1) is 5.69 Å². The summed E-state index contributed by atoms with van der Waals surface area (Å²) < 4.78 is 40.3. The van der Waals surface area contributed by atoms with Gasteiger partial charge in [-0.05, 0) is 26.1 Å². The standard InChI is InChI=1S/C21H26F3N7O/c1-14-13-17(29-7-5-28(2)6-8-29)27-20(25-14)30-9-11-31(12-10-30)21(32)26-16-4-3-15(22)18(23)19(16)24/h3-4,13H,5-12H2,1-2H3,(H,26,32). The van der Waals surface area contributed by atoms with E-state index in [0.29, 0.717) is 32.1 Å². The van der Waals surface area contributed by atoms with Crippen molar-refractivity contribution in [3.63, 3.8) is 0 Å². The molecule has 2 aliphatic rings. The molecule has 2 aromatic rings. The Kier molecular flexibility index (Phi) is 6.35. The first-order chi connectivity index (χ1) is 15.3. The van der Waals surface area contributed by atoms with Gasteiger partial charge in [-0.1, -0.05) is 0 Å². The van der Waals surface area contributed by atoms with E-state index < -0.39 is 29.2 Å². The number of hydrogen-bond donors (Lipinski definition) is 1. The van der Waals surface area contributed by atoms with Crippen molar-refractivity contribution < 1.29 is 18.0 Å². The minimum Gasteiger partial charge on any atom is -0.354 e. The third-order valence-corrected chi connectivity index (χ3v) is 5.78. The first-order valence-electron chi connectivity index (χ1n) is 10.6. The van der Waals surface area contributed by atoms with Gasteiger partial charge in [0.15, 0.2) is 17.5 Å². The molecule has 0 aliphatic carbocycles. The Bertz CT molecular complexity index is 990. The van der Waals surface area contributed by atoms with Gasteiger partial charge in [0.25, 0.3) is 0 Å². The van der Waals surface area contributed by atoms with Crippen LogP contribution in [-0.2, 0) is 0 Å². The fraction of sp³-hybridized carbons (Fsp3) is 0.476. The molecule has 1 aromatic heterocycles. The van der Waals surface area contributed by atoms with Gasteiger partial charge in [-0.3, -0.25) is 0 Å². The highest BCUT2D eigenvalue weighted by atomic mass is 19.2. The maximum Gasteiger partial charge on any atom is 0.322 e. The first kappa shape index (κ1) is 22.1. The number of aryl methyl sites for hydroxylation is 1. The maximum absolute atomic E-state index is 13.8. The van der Waals surface area contributed by atoms with Crippen LogP contribution in [0.4, 0.5) is 35.4 Å². The highest BCUT2D eigenvalue weighted by molar-refractivity contribution is 5.89. The third-order valence-electron chi connectivity index (χ3n) is 5.78. The number of urea groups is 1. The number of piperazine rings is 2. The molecule has 4 rings (SSSR count). The lowest BCUT2D eigenvalue weighted by molar-refractivity contribution is 0.207. The number of anilines is 3. The SMILES string of the molecule is Cc1cc(N2CCN(C)CC2)nc(N2CCN(C(=O)Nc3ccc(F)c(F)c3F)CC2)n1. The van der Waals surface area contributed by atoms with E-state index in [4.69, 9.17) is 4.98 Å². The monoisotopic (exact) mass is 449 g/mol. The van der Waals surface area contributed by atoms with Crippen molar-refractivity contribution in [1.82, 2.24) is 19.8 Å². The van der Waals surface area contributed by atoms with Crippen LogP contribution in [0.15, 0.2) is 18.2 Å². The van der Waals surface area contributed by atoms with Crippen LogP contribution in [0.3, 0.4) is 0 Å². The molecule has 2 saturated heterocycles. The molecule has 32 heavy (non-hydrogen) atoms. The number of carbonyl (C=O) groups excluding carboxylic acids is 1. The van der Waals surface area contributed by atoms with Crippen molar-refractivity contribution in [2.45, 2.75) is 6.92 Å². The lowest BCUT2D eigenvalue weighted by Crippen LogP contribution is -2.50. The number of benzene rings is 1. The van der Waals surface area contributed by atoms with Crippen LogP contribution in [0, 0.1) is 24.4 Å². The zero-order valence-electron chi connectivity index (χ0n) is 18.1. The highest BCUT2D eigenvalue weighted by Crippen LogP contribution is 2.22. The molecular formula is C21H26F3N7O. The van der Waals surface area contributed by atoms with Crippen LogP contribution >= 0.6 is 0 Å². The third kappa shape index (κ3) is 4.72. The highest BCUT2D eigenvalue weighted by Gasteiger charge is 2.25. The molecule has 8 nitrogen and oxygen atoms in total. The van der Waals surface area contributed by atoms with Crippen molar-refractivity contribution >= 4 is 23.5 Å². The molecule has 11 heteroatoms. The Labute approximate surface area is 184 Å². The second-order valence-electron chi connectivity index (χ2n) is 8.09. The molecule has 2 amide bonds. The number of rotatable bonds is 3. The van der Waals surface area contributed by atoms with Gasteiger partial charge in [-0.15, -0.1) is 0 Å². The first-order valence-corrected chi connectivity index (χ1v) is 10.6. The zero-order valence-corrected chi connectivity index (χ0v) is 18.1. The molecule has 0 spiro atoms. The van der Waals surface area contributed by atoms with Crippen molar-refractivity contribution in [1.29, 1.82) is 0 Å². The fourth-order valence-corrected chi connectivity index (χ4v) is 3.80. The Morgan fingerprint density at radius 1 is 0.906 bits per heavy atom. The van der Waals surface area contributed by atoms with Crippen LogP contribution in [0.25, 0.3) is 0 Å². The van der Waals surface area contributed by atoms with E-state index in [1.54, 1.807) is 0 Å². The van der Waals surface area contributed by atoms with Crippen molar-refractivity contribution in [2.24, 2.45) is 0 Å². The number of amides is 2. The summed E-state index contributed by atoms with van der Waals surface area (Å²) in [6, 6.07) is 3.19. The molecule has 1 aromatic carbocycles. The summed E-state index contributed by atoms with van der Waals surface area (Å²) in [6.07, 6.45) is 0. The van der Waals surface area contributed by atoms with Crippen LogP contribution in [0.2, 0.25) is 0 Å². The quantitative estimate of drug-likeness (QED) is 0.726. The van der Waals surface area contributed by atoms with Crippen LogP contribution in [-0.4, -0.2) is 85.2 Å². The average molecular weight is 449 g/mol. The Morgan fingerprint density at radius 2 is 1.56 bits per heavy atom. The summed E-state index contributed by atoms with van der Waals surface area (Å²) in [7, 11) is 2.10. The number of hydrogen-bond acceptors (Lipinski definition) is 6. The van der Waals surface area contributed by atoms with Crippen molar-refractivity contribution in [3.8, 4) is 0 Å². The molecule has 0 saturated carbocycles. The second-order valence-corrected chi connectivity index (χ2v) is 8.09. The number of carbonyl (C=O) groups is 1. The Morgan fingerprint density at radius 3 is 2.25 bits per heavy atom. The maximum atomic E-state index is 13.8. The summed E-state index contributed by atoms with van der Waals surface area (Å²) in [6.45, 7) is 7.41. The normalized spacial score (nSPS) is 17.6. The van der Waals surface area contributed by atoms with E-state index in [-0.39, 0.29) is 0 Å². The minimum atomic E-state index is -1.61. The number of aromatic nitrogens is 2.